The number of methoxy groups -OCH3 is 1. The van der Waals surface area contributed by atoms with E-state index in [0.29, 0.717) is 16.6 Å². The van der Waals surface area contributed by atoms with Gasteiger partial charge >= 0.3 is 5.97 Å². The maximum absolute atomic E-state index is 13.4. The number of carbonyl (C=O) groups is 1. The third kappa shape index (κ3) is 3.47. The fourth-order valence-electron chi connectivity index (χ4n) is 3.42. The minimum atomic E-state index is -0.402. The van der Waals surface area contributed by atoms with Crippen molar-refractivity contribution in [2.45, 2.75) is 19.3 Å². The van der Waals surface area contributed by atoms with Gasteiger partial charge in [0.05, 0.1) is 23.7 Å². The lowest BCUT2D eigenvalue weighted by Gasteiger charge is -2.29. The molecule has 2 heterocycles. The molecule has 6 heteroatoms. The van der Waals surface area contributed by atoms with E-state index in [9.17, 15) is 9.18 Å². The average molecular weight is 365 g/mol. The minimum absolute atomic E-state index is 0.283. The Morgan fingerprint density at radius 2 is 1.74 bits per heavy atom. The number of esters is 1. The Labute approximate surface area is 156 Å². The van der Waals surface area contributed by atoms with E-state index in [-0.39, 0.29) is 5.82 Å². The summed E-state index contributed by atoms with van der Waals surface area (Å²) in [6, 6.07) is 11.5. The van der Waals surface area contributed by atoms with Gasteiger partial charge in [-0.2, -0.15) is 0 Å². The number of hydrogen-bond donors (Lipinski definition) is 0. The fraction of sp³-hybridized carbons (Fsp3) is 0.286. The molecule has 0 spiro atoms. The molecule has 0 radical (unpaired) electrons. The van der Waals surface area contributed by atoms with E-state index in [2.05, 4.69) is 4.90 Å². The summed E-state index contributed by atoms with van der Waals surface area (Å²) in [6.07, 6.45) is 3.41. The van der Waals surface area contributed by atoms with Crippen molar-refractivity contribution in [1.29, 1.82) is 0 Å². The number of piperidine rings is 1. The van der Waals surface area contributed by atoms with Gasteiger partial charge in [0.25, 0.3) is 0 Å². The van der Waals surface area contributed by atoms with E-state index in [1.807, 2.05) is 0 Å². The first-order chi connectivity index (χ1) is 13.2. The zero-order valence-corrected chi connectivity index (χ0v) is 15.1. The smallest absolute Gasteiger partial charge is 0.337 e. The van der Waals surface area contributed by atoms with E-state index >= 15 is 0 Å². The molecular weight excluding hydrogens is 345 g/mol. The summed E-state index contributed by atoms with van der Waals surface area (Å²) in [6.45, 7) is 1.82. The van der Waals surface area contributed by atoms with Crippen LogP contribution in [0.2, 0.25) is 0 Å². The molecule has 0 atom stereocenters. The van der Waals surface area contributed by atoms with Gasteiger partial charge in [0.2, 0.25) is 0 Å². The summed E-state index contributed by atoms with van der Waals surface area (Å²) in [7, 11) is 1.36. The first-order valence-electron chi connectivity index (χ1n) is 9.07. The summed E-state index contributed by atoms with van der Waals surface area (Å²) >= 11 is 0. The molecule has 27 heavy (non-hydrogen) atoms. The van der Waals surface area contributed by atoms with Crippen molar-refractivity contribution in [3.63, 3.8) is 0 Å². The van der Waals surface area contributed by atoms with Crippen molar-refractivity contribution in [2.75, 3.05) is 25.1 Å². The zero-order chi connectivity index (χ0) is 18.8. The number of rotatable bonds is 3. The summed E-state index contributed by atoms with van der Waals surface area (Å²) in [5.41, 5.74) is 3.32. The molecule has 5 nitrogen and oxygen atoms in total. The predicted octanol–water partition coefficient (Wildman–Crippen LogP) is 4.21. The van der Waals surface area contributed by atoms with Gasteiger partial charge in [-0.3, -0.25) is 0 Å². The topological polar surface area (TPSA) is 55.3 Å². The molecule has 0 amide bonds. The van der Waals surface area contributed by atoms with Gasteiger partial charge in [0, 0.05) is 18.7 Å². The molecule has 4 rings (SSSR count). The van der Waals surface area contributed by atoms with Gasteiger partial charge in [-0.25, -0.2) is 19.2 Å². The summed E-state index contributed by atoms with van der Waals surface area (Å²) in [5.74, 6) is 0.0893. The second kappa shape index (κ2) is 7.31. The minimum Gasteiger partial charge on any atom is -0.465 e. The third-order valence-corrected chi connectivity index (χ3v) is 4.84. The predicted molar refractivity (Wildman–Crippen MR) is 102 cm³/mol. The second-order valence-electron chi connectivity index (χ2n) is 6.65. The van der Waals surface area contributed by atoms with Crippen LogP contribution >= 0.6 is 0 Å². The maximum Gasteiger partial charge on any atom is 0.337 e. The lowest BCUT2D eigenvalue weighted by Crippen LogP contribution is -2.31. The molecule has 2 aromatic carbocycles. The molecule has 1 aliphatic rings. The van der Waals surface area contributed by atoms with Gasteiger partial charge in [-0.15, -0.1) is 0 Å². The van der Waals surface area contributed by atoms with Crippen LogP contribution in [-0.2, 0) is 4.74 Å². The van der Waals surface area contributed by atoms with Gasteiger partial charge in [0.1, 0.15) is 11.5 Å². The molecule has 0 saturated carbocycles. The number of ether oxygens (including phenoxy) is 1. The zero-order valence-electron chi connectivity index (χ0n) is 15.1. The highest BCUT2D eigenvalue weighted by molar-refractivity contribution is 5.94. The summed E-state index contributed by atoms with van der Waals surface area (Å²) < 4.78 is 18.2. The quantitative estimate of drug-likeness (QED) is 0.651. The molecule has 138 valence electrons. The number of hydrogen-bond acceptors (Lipinski definition) is 5. The SMILES string of the molecule is COC(=O)c1ccc2nc(-c3ccc(F)cc3)c(N3CCCCC3)nc2c1. The Kier molecular flexibility index (Phi) is 4.71. The van der Waals surface area contributed by atoms with Crippen LogP contribution in [0.25, 0.3) is 22.3 Å². The number of aromatic nitrogens is 2. The Morgan fingerprint density at radius 3 is 2.44 bits per heavy atom. The standard InChI is InChI=1S/C21H20FN3O2/c1-27-21(26)15-7-10-17-18(13-15)24-20(25-11-3-2-4-12-25)19(23-17)14-5-8-16(22)9-6-14/h5-10,13H,2-4,11-12H2,1H3. The monoisotopic (exact) mass is 365 g/mol. The van der Waals surface area contributed by atoms with Crippen molar-refractivity contribution in [3.05, 3.63) is 53.8 Å². The maximum atomic E-state index is 13.4. The highest BCUT2D eigenvalue weighted by atomic mass is 19.1. The molecule has 3 aromatic rings. The van der Waals surface area contributed by atoms with Crippen LogP contribution in [-0.4, -0.2) is 36.1 Å². The van der Waals surface area contributed by atoms with Crippen molar-refractivity contribution in [3.8, 4) is 11.3 Å². The van der Waals surface area contributed by atoms with Crippen LogP contribution in [0.4, 0.5) is 10.2 Å². The molecule has 1 saturated heterocycles. The summed E-state index contributed by atoms with van der Waals surface area (Å²) in [5, 5.41) is 0. The van der Waals surface area contributed by atoms with Crippen LogP contribution in [0.1, 0.15) is 29.6 Å². The lowest BCUT2D eigenvalue weighted by atomic mass is 10.1. The highest BCUT2D eigenvalue weighted by Crippen LogP contribution is 2.31. The molecular formula is C21H20FN3O2. The van der Waals surface area contributed by atoms with E-state index in [0.717, 1.165) is 43.0 Å². The Balaban J connectivity index is 1.88. The van der Waals surface area contributed by atoms with E-state index < -0.39 is 5.97 Å². The van der Waals surface area contributed by atoms with Crippen molar-refractivity contribution >= 4 is 22.8 Å². The van der Waals surface area contributed by atoms with Crippen LogP contribution in [0.15, 0.2) is 42.5 Å². The first kappa shape index (κ1) is 17.4. The Hall–Kier alpha value is -3.02. The van der Waals surface area contributed by atoms with Gasteiger partial charge in [0.15, 0.2) is 5.82 Å². The van der Waals surface area contributed by atoms with Crippen LogP contribution in [0.3, 0.4) is 0 Å². The van der Waals surface area contributed by atoms with E-state index in [4.69, 9.17) is 14.7 Å². The van der Waals surface area contributed by atoms with Gasteiger partial charge in [-0.1, -0.05) is 0 Å². The van der Waals surface area contributed by atoms with E-state index in [1.165, 1.54) is 25.7 Å². The number of benzene rings is 2. The molecule has 1 fully saturated rings. The first-order valence-corrected chi connectivity index (χ1v) is 9.07. The molecule has 0 unspecified atom stereocenters. The number of carbonyl (C=O) groups excluding carboxylic acids is 1. The van der Waals surface area contributed by atoms with Crippen molar-refractivity contribution < 1.29 is 13.9 Å². The highest BCUT2D eigenvalue weighted by Gasteiger charge is 2.20. The molecule has 0 aliphatic carbocycles. The number of nitrogens with zero attached hydrogens (tertiary/aromatic N) is 3. The lowest BCUT2D eigenvalue weighted by molar-refractivity contribution is 0.0601. The Morgan fingerprint density at radius 1 is 1.00 bits per heavy atom. The Bertz CT molecular complexity index is 983. The molecule has 1 aliphatic heterocycles. The molecule has 0 N–H and O–H groups in total. The van der Waals surface area contributed by atoms with Gasteiger partial charge < -0.3 is 9.64 Å². The van der Waals surface area contributed by atoms with Crippen molar-refractivity contribution in [2.24, 2.45) is 0 Å². The van der Waals surface area contributed by atoms with Crippen LogP contribution in [0.5, 0.6) is 0 Å². The largest absolute Gasteiger partial charge is 0.465 e. The molecule has 1 aromatic heterocycles. The second-order valence-corrected chi connectivity index (χ2v) is 6.65. The van der Waals surface area contributed by atoms with Crippen molar-refractivity contribution in [1.82, 2.24) is 9.97 Å². The van der Waals surface area contributed by atoms with Gasteiger partial charge in [-0.05, 0) is 61.7 Å². The van der Waals surface area contributed by atoms with E-state index in [1.54, 1.807) is 30.3 Å². The van der Waals surface area contributed by atoms with Crippen LogP contribution in [0, 0.1) is 5.82 Å². The third-order valence-electron chi connectivity index (χ3n) is 4.84. The fourth-order valence-corrected chi connectivity index (χ4v) is 3.42. The molecule has 0 bridgehead atoms. The normalized spacial score (nSPS) is 14.4. The number of anilines is 1. The summed E-state index contributed by atoms with van der Waals surface area (Å²) in [4.78, 5) is 23.7. The van der Waals surface area contributed by atoms with Crippen LogP contribution < -0.4 is 4.90 Å². The number of halogens is 1. The average Bonchev–Trinajstić information content (AvgIpc) is 2.73. The number of fused-ring (bicyclic) bond motifs is 1.